The number of methoxy groups -OCH3 is 1. The fourth-order valence-corrected chi connectivity index (χ4v) is 3.19. The Morgan fingerprint density at radius 3 is 2.45 bits per heavy atom. The van der Waals surface area contributed by atoms with Crippen molar-refractivity contribution in [2.45, 2.75) is 32.8 Å². The lowest BCUT2D eigenvalue weighted by Crippen LogP contribution is -2.29. The predicted octanol–water partition coefficient (Wildman–Crippen LogP) is 3.42. The zero-order valence-electron chi connectivity index (χ0n) is 17.1. The van der Waals surface area contributed by atoms with Crippen molar-refractivity contribution in [3.63, 3.8) is 0 Å². The first kappa shape index (κ1) is 20.7. The Bertz CT molecular complexity index is 848. The van der Waals surface area contributed by atoms with Crippen LogP contribution in [0.4, 0.5) is 5.69 Å². The minimum Gasteiger partial charge on any atom is -0.497 e. The van der Waals surface area contributed by atoms with Crippen molar-refractivity contribution in [3.8, 4) is 11.5 Å². The first-order valence-electron chi connectivity index (χ1n) is 9.94. The molecule has 6 heteroatoms. The Morgan fingerprint density at radius 1 is 1.03 bits per heavy atom. The zero-order valence-corrected chi connectivity index (χ0v) is 17.1. The molecular weight excluding hydrogens is 368 g/mol. The molecule has 154 valence electrons. The molecule has 1 saturated carbocycles. The van der Waals surface area contributed by atoms with Gasteiger partial charge in [-0.05, 0) is 68.7 Å². The number of carbonyl (C=O) groups is 2. The number of anilines is 1. The predicted molar refractivity (Wildman–Crippen MR) is 112 cm³/mol. The summed E-state index contributed by atoms with van der Waals surface area (Å²) < 4.78 is 10.8. The quantitative estimate of drug-likeness (QED) is 0.681. The fraction of sp³-hybridized carbons (Fsp3) is 0.391. The van der Waals surface area contributed by atoms with E-state index in [1.807, 2.05) is 50.2 Å². The van der Waals surface area contributed by atoms with Gasteiger partial charge in [0.2, 0.25) is 11.8 Å². The van der Waals surface area contributed by atoms with E-state index in [1.54, 1.807) is 19.2 Å². The topological polar surface area (TPSA) is 76.7 Å². The molecular formula is C23H28N2O4. The highest BCUT2D eigenvalue weighted by atomic mass is 16.5. The van der Waals surface area contributed by atoms with Crippen LogP contribution in [-0.4, -0.2) is 31.6 Å². The lowest BCUT2D eigenvalue weighted by Gasteiger charge is -2.10. The molecule has 0 spiro atoms. The van der Waals surface area contributed by atoms with Crippen LogP contribution in [0.2, 0.25) is 0 Å². The van der Waals surface area contributed by atoms with Crippen LogP contribution in [0.25, 0.3) is 0 Å². The first-order chi connectivity index (χ1) is 14.0. The van der Waals surface area contributed by atoms with Gasteiger partial charge in [0.25, 0.3) is 0 Å². The van der Waals surface area contributed by atoms with Gasteiger partial charge in [0, 0.05) is 12.2 Å². The zero-order chi connectivity index (χ0) is 20.8. The summed E-state index contributed by atoms with van der Waals surface area (Å²) in [6, 6.07) is 15.0. The Labute approximate surface area is 171 Å². The molecule has 2 atom stereocenters. The van der Waals surface area contributed by atoms with Crippen molar-refractivity contribution in [2.24, 2.45) is 11.8 Å². The van der Waals surface area contributed by atoms with Crippen LogP contribution in [0, 0.1) is 11.8 Å². The van der Waals surface area contributed by atoms with Crippen molar-refractivity contribution in [3.05, 3.63) is 54.1 Å². The van der Waals surface area contributed by atoms with E-state index in [9.17, 15) is 9.59 Å². The van der Waals surface area contributed by atoms with Gasteiger partial charge in [-0.3, -0.25) is 9.59 Å². The van der Waals surface area contributed by atoms with Crippen molar-refractivity contribution in [1.29, 1.82) is 0 Å². The number of hydrogen-bond acceptors (Lipinski definition) is 4. The van der Waals surface area contributed by atoms with Crippen LogP contribution >= 0.6 is 0 Å². The Balaban J connectivity index is 1.41. The van der Waals surface area contributed by atoms with Gasteiger partial charge in [-0.15, -0.1) is 0 Å². The Morgan fingerprint density at radius 2 is 1.76 bits per heavy atom. The number of rotatable bonds is 9. The molecule has 0 saturated heterocycles. The van der Waals surface area contributed by atoms with E-state index >= 15 is 0 Å². The van der Waals surface area contributed by atoms with Gasteiger partial charge in [-0.2, -0.15) is 0 Å². The van der Waals surface area contributed by atoms with Gasteiger partial charge >= 0.3 is 0 Å². The van der Waals surface area contributed by atoms with Crippen molar-refractivity contribution in [1.82, 2.24) is 5.32 Å². The molecule has 0 bridgehead atoms. The lowest BCUT2D eigenvalue weighted by molar-refractivity contribution is -0.125. The van der Waals surface area contributed by atoms with E-state index in [4.69, 9.17) is 9.47 Å². The molecule has 0 heterocycles. The number of carbonyl (C=O) groups excluding carboxylic acids is 2. The minimum atomic E-state index is -0.265. The van der Waals surface area contributed by atoms with Crippen LogP contribution in [-0.2, 0) is 16.0 Å². The molecule has 2 amide bonds. The van der Waals surface area contributed by atoms with Crippen LogP contribution in [0.5, 0.6) is 11.5 Å². The van der Waals surface area contributed by atoms with Gasteiger partial charge in [0.1, 0.15) is 11.5 Å². The fourth-order valence-electron chi connectivity index (χ4n) is 3.19. The molecule has 6 nitrogen and oxygen atoms in total. The van der Waals surface area contributed by atoms with Crippen molar-refractivity contribution >= 4 is 17.5 Å². The molecule has 1 aliphatic carbocycles. The third kappa shape index (κ3) is 5.98. The number of benzene rings is 2. The van der Waals surface area contributed by atoms with Crippen LogP contribution in [0.1, 0.15) is 25.8 Å². The Hall–Kier alpha value is -3.02. The molecule has 1 aliphatic rings. The highest BCUT2D eigenvalue weighted by Gasteiger charge is 2.47. The van der Waals surface area contributed by atoms with E-state index in [0.29, 0.717) is 18.7 Å². The van der Waals surface area contributed by atoms with Crippen molar-refractivity contribution in [2.75, 3.05) is 19.0 Å². The molecule has 29 heavy (non-hydrogen) atoms. The number of hydrogen-bond donors (Lipinski definition) is 2. The number of ether oxygens (including phenoxy) is 2. The molecule has 0 radical (unpaired) electrons. The maximum absolute atomic E-state index is 12.4. The molecule has 2 aromatic carbocycles. The van der Waals surface area contributed by atoms with Gasteiger partial charge in [0.05, 0.1) is 25.0 Å². The molecule has 1 fully saturated rings. The largest absolute Gasteiger partial charge is 0.497 e. The summed E-state index contributed by atoms with van der Waals surface area (Å²) in [7, 11) is 1.63. The molecule has 2 N–H and O–H groups in total. The van der Waals surface area contributed by atoms with Gasteiger partial charge < -0.3 is 20.1 Å². The highest BCUT2D eigenvalue weighted by molar-refractivity contribution is 5.99. The second-order valence-corrected chi connectivity index (χ2v) is 7.52. The summed E-state index contributed by atoms with van der Waals surface area (Å²) in [5.41, 5.74) is 1.80. The summed E-state index contributed by atoms with van der Waals surface area (Å²) in [4.78, 5) is 24.7. The molecule has 0 aromatic heterocycles. The third-order valence-corrected chi connectivity index (χ3v) is 4.80. The van der Waals surface area contributed by atoms with Gasteiger partial charge in [-0.25, -0.2) is 0 Å². The van der Waals surface area contributed by atoms with Crippen molar-refractivity contribution < 1.29 is 19.1 Å². The monoisotopic (exact) mass is 396 g/mol. The first-order valence-corrected chi connectivity index (χ1v) is 9.94. The van der Waals surface area contributed by atoms with E-state index in [1.165, 1.54) is 0 Å². The van der Waals surface area contributed by atoms with Crippen LogP contribution < -0.4 is 20.1 Å². The van der Waals surface area contributed by atoms with Crippen LogP contribution in [0.15, 0.2) is 48.5 Å². The summed E-state index contributed by atoms with van der Waals surface area (Å²) in [5.74, 6) is 0.876. The Kier molecular flexibility index (Phi) is 6.75. The van der Waals surface area contributed by atoms with Gasteiger partial charge in [0.15, 0.2) is 0 Å². The van der Waals surface area contributed by atoms with E-state index in [2.05, 4.69) is 10.6 Å². The summed E-state index contributed by atoms with van der Waals surface area (Å²) >= 11 is 0. The highest BCUT2D eigenvalue weighted by Crippen LogP contribution is 2.39. The summed E-state index contributed by atoms with van der Waals surface area (Å²) in [6.45, 7) is 4.46. The van der Waals surface area contributed by atoms with Crippen LogP contribution in [0.3, 0.4) is 0 Å². The summed E-state index contributed by atoms with van der Waals surface area (Å²) in [6.07, 6.45) is 1.41. The maximum Gasteiger partial charge on any atom is 0.228 e. The van der Waals surface area contributed by atoms with Gasteiger partial charge in [-0.1, -0.05) is 12.1 Å². The average molecular weight is 396 g/mol. The molecule has 0 aliphatic heterocycles. The van der Waals surface area contributed by atoms with E-state index in [0.717, 1.165) is 23.5 Å². The minimum absolute atomic E-state index is 0.0614. The lowest BCUT2D eigenvalue weighted by atomic mass is 10.1. The smallest absolute Gasteiger partial charge is 0.228 e. The maximum atomic E-state index is 12.4. The standard InChI is InChI=1S/C23H28N2O4/c1-15(2)29-18-9-7-17(8-10-18)25-23(27)21-14-20(21)22(26)24-12-11-16-5-4-6-19(13-16)28-3/h4-10,13,15,20-21H,11-12,14H2,1-3H3,(H,24,26)(H,25,27). The normalized spacial score (nSPS) is 17.5. The molecule has 2 aromatic rings. The average Bonchev–Trinajstić information content (AvgIpc) is 3.50. The number of nitrogens with one attached hydrogen (secondary N) is 2. The second kappa shape index (κ2) is 9.45. The molecule has 2 unspecified atom stereocenters. The third-order valence-electron chi connectivity index (χ3n) is 4.80. The second-order valence-electron chi connectivity index (χ2n) is 7.52. The summed E-state index contributed by atoms with van der Waals surface area (Å²) in [5, 5.41) is 5.80. The van der Waals surface area contributed by atoms with E-state index in [-0.39, 0.29) is 29.8 Å². The van der Waals surface area contributed by atoms with E-state index < -0.39 is 0 Å². The number of amides is 2. The molecule has 3 rings (SSSR count). The SMILES string of the molecule is COc1cccc(CCNC(=O)C2CC2C(=O)Nc2ccc(OC(C)C)cc2)c1.